The van der Waals surface area contributed by atoms with Crippen molar-refractivity contribution in [2.45, 2.75) is 52.7 Å². The van der Waals surface area contributed by atoms with E-state index in [1.165, 1.54) is 11.3 Å². The van der Waals surface area contributed by atoms with Gasteiger partial charge in [-0.2, -0.15) is 0 Å². The first-order valence-electron chi connectivity index (χ1n) is 6.97. The average molecular weight is 298 g/mol. The van der Waals surface area contributed by atoms with Crippen molar-refractivity contribution in [3.63, 3.8) is 0 Å². The minimum atomic E-state index is 0.0240. The third kappa shape index (κ3) is 2.96. The van der Waals surface area contributed by atoms with E-state index >= 15 is 0 Å². The molecular weight excluding hydrogens is 276 g/mol. The van der Waals surface area contributed by atoms with E-state index in [1.807, 2.05) is 32.6 Å². The standard InChI is InChI=1S/C14H22N2O3S/c1-9-7-19-8-10(2)16(9)13(17)5-6-15-11(3)12(4)20-14(15)18/h9-10H,5-8H2,1-4H3/t9-,10+. The van der Waals surface area contributed by atoms with E-state index in [0.29, 0.717) is 26.2 Å². The van der Waals surface area contributed by atoms with E-state index < -0.39 is 0 Å². The van der Waals surface area contributed by atoms with Crippen LogP contribution in [0.2, 0.25) is 0 Å². The van der Waals surface area contributed by atoms with Crippen LogP contribution in [0.25, 0.3) is 0 Å². The highest BCUT2D eigenvalue weighted by molar-refractivity contribution is 7.09. The van der Waals surface area contributed by atoms with Crippen molar-refractivity contribution >= 4 is 17.2 Å². The van der Waals surface area contributed by atoms with E-state index in [2.05, 4.69) is 0 Å². The molecule has 6 heteroatoms. The van der Waals surface area contributed by atoms with Gasteiger partial charge in [-0.3, -0.25) is 9.59 Å². The number of hydrogen-bond acceptors (Lipinski definition) is 4. The second kappa shape index (κ2) is 6.10. The number of nitrogens with zero attached hydrogens (tertiary/aromatic N) is 2. The minimum absolute atomic E-state index is 0.0240. The summed E-state index contributed by atoms with van der Waals surface area (Å²) in [5.74, 6) is 0.100. The number of aromatic nitrogens is 1. The summed E-state index contributed by atoms with van der Waals surface area (Å²) >= 11 is 1.25. The van der Waals surface area contributed by atoms with Gasteiger partial charge in [-0.25, -0.2) is 0 Å². The fraction of sp³-hybridized carbons (Fsp3) is 0.714. The van der Waals surface area contributed by atoms with Crippen molar-refractivity contribution < 1.29 is 9.53 Å². The zero-order valence-corrected chi connectivity index (χ0v) is 13.3. The summed E-state index contributed by atoms with van der Waals surface area (Å²) in [5, 5.41) is 0. The normalized spacial score (nSPS) is 23.1. The molecule has 0 unspecified atom stereocenters. The molecule has 0 spiro atoms. The monoisotopic (exact) mass is 298 g/mol. The molecule has 0 aromatic carbocycles. The maximum atomic E-state index is 12.4. The number of morpholine rings is 1. The van der Waals surface area contributed by atoms with Gasteiger partial charge in [0.05, 0.1) is 25.3 Å². The lowest BCUT2D eigenvalue weighted by atomic mass is 10.1. The highest BCUT2D eigenvalue weighted by Crippen LogP contribution is 2.16. The van der Waals surface area contributed by atoms with Gasteiger partial charge in [-0.1, -0.05) is 11.3 Å². The van der Waals surface area contributed by atoms with Crippen LogP contribution in [0, 0.1) is 13.8 Å². The maximum absolute atomic E-state index is 12.4. The molecule has 1 fully saturated rings. The van der Waals surface area contributed by atoms with Crippen LogP contribution < -0.4 is 4.87 Å². The molecule has 2 rings (SSSR count). The topological polar surface area (TPSA) is 51.5 Å². The predicted molar refractivity (Wildman–Crippen MR) is 79.3 cm³/mol. The summed E-state index contributed by atoms with van der Waals surface area (Å²) in [7, 11) is 0. The first-order chi connectivity index (χ1) is 9.41. The van der Waals surface area contributed by atoms with Gasteiger partial charge >= 0.3 is 4.87 Å². The average Bonchev–Trinajstić information content (AvgIpc) is 2.61. The van der Waals surface area contributed by atoms with E-state index in [1.54, 1.807) is 4.57 Å². The number of hydrogen-bond donors (Lipinski definition) is 0. The van der Waals surface area contributed by atoms with Crippen molar-refractivity contribution in [1.29, 1.82) is 0 Å². The second-order valence-electron chi connectivity index (χ2n) is 5.45. The largest absolute Gasteiger partial charge is 0.377 e. The van der Waals surface area contributed by atoms with Gasteiger partial charge in [0.1, 0.15) is 0 Å². The molecule has 1 amide bonds. The fourth-order valence-corrected chi connectivity index (χ4v) is 3.54. The molecule has 2 heterocycles. The number of carbonyl (C=O) groups is 1. The summed E-state index contributed by atoms with van der Waals surface area (Å²) in [6.45, 7) is 9.51. The van der Waals surface area contributed by atoms with Gasteiger partial charge in [0, 0.05) is 23.5 Å². The third-order valence-corrected chi connectivity index (χ3v) is 4.88. The molecule has 0 bridgehead atoms. The summed E-state index contributed by atoms with van der Waals surface area (Å²) in [5.41, 5.74) is 0.968. The Morgan fingerprint density at radius 3 is 2.40 bits per heavy atom. The first kappa shape index (κ1) is 15.3. The molecule has 2 atom stereocenters. The van der Waals surface area contributed by atoms with Gasteiger partial charge in [0.15, 0.2) is 0 Å². The Morgan fingerprint density at radius 2 is 1.90 bits per heavy atom. The Kier molecular flexibility index (Phi) is 4.65. The molecule has 20 heavy (non-hydrogen) atoms. The number of ether oxygens (including phenoxy) is 1. The Balaban J connectivity index is 2.03. The Morgan fingerprint density at radius 1 is 1.30 bits per heavy atom. The van der Waals surface area contributed by atoms with Gasteiger partial charge in [0.2, 0.25) is 5.91 Å². The molecule has 112 valence electrons. The summed E-state index contributed by atoms with van der Waals surface area (Å²) in [4.78, 5) is 27.1. The van der Waals surface area contributed by atoms with Crippen molar-refractivity contribution in [3.8, 4) is 0 Å². The van der Waals surface area contributed by atoms with Crippen LogP contribution in [-0.4, -0.2) is 40.7 Å². The Bertz CT molecular complexity index is 539. The molecule has 0 aliphatic carbocycles. The molecule has 0 saturated carbocycles. The molecule has 1 aliphatic heterocycles. The van der Waals surface area contributed by atoms with Crippen LogP contribution in [0.5, 0.6) is 0 Å². The van der Waals surface area contributed by atoms with Crippen LogP contribution in [0.15, 0.2) is 4.79 Å². The van der Waals surface area contributed by atoms with Crippen LogP contribution in [0.3, 0.4) is 0 Å². The van der Waals surface area contributed by atoms with Gasteiger partial charge < -0.3 is 14.2 Å². The van der Waals surface area contributed by atoms with Crippen molar-refractivity contribution in [2.24, 2.45) is 0 Å². The van der Waals surface area contributed by atoms with Gasteiger partial charge in [-0.15, -0.1) is 0 Å². The lowest BCUT2D eigenvalue weighted by Gasteiger charge is -2.38. The zero-order valence-electron chi connectivity index (χ0n) is 12.5. The Hall–Kier alpha value is -1.14. The molecule has 1 aliphatic rings. The highest BCUT2D eigenvalue weighted by atomic mass is 32.1. The molecule has 0 N–H and O–H groups in total. The molecular formula is C14H22N2O3S. The number of carbonyl (C=O) groups excluding carboxylic acids is 1. The number of rotatable bonds is 3. The molecule has 1 aromatic rings. The van der Waals surface area contributed by atoms with Crippen molar-refractivity contribution in [2.75, 3.05) is 13.2 Å². The first-order valence-corrected chi connectivity index (χ1v) is 7.79. The van der Waals surface area contributed by atoms with E-state index in [0.717, 1.165) is 10.6 Å². The lowest BCUT2D eigenvalue weighted by molar-refractivity contribution is -0.144. The smallest absolute Gasteiger partial charge is 0.307 e. The second-order valence-corrected chi connectivity index (χ2v) is 6.61. The fourth-order valence-electron chi connectivity index (χ4n) is 2.68. The molecule has 1 saturated heterocycles. The Labute approximate surface area is 123 Å². The zero-order chi connectivity index (χ0) is 14.9. The SMILES string of the molecule is Cc1sc(=O)n(CCC(=O)N2[C@H](C)COC[C@@H]2C)c1C. The lowest BCUT2D eigenvalue weighted by Crippen LogP contribution is -2.52. The van der Waals surface area contributed by atoms with Crippen LogP contribution in [-0.2, 0) is 16.1 Å². The molecule has 5 nitrogen and oxygen atoms in total. The molecule has 0 radical (unpaired) electrons. The van der Waals surface area contributed by atoms with E-state index in [9.17, 15) is 9.59 Å². The quantitative estimate of drug-likeness (QED) is 0.851. The minimum Gasteiger partial charge on any atom is -0.377 e. The predicted octanol–water partition coefficient (Wildman–Crippen LogP) is 1.55. The van der Waals surface area contributed by atoms with Crippen LogP contribution >= 0.6 is 11.3 Å². The highest BCUT2D eigenvalue weighted by Gasteiger charge is 2.29. The summed E-state index contributed by atoms with van der Waals surface area (Å²) in [6, 6.07) is 0.210. The number of aryl methyl sites for hydroxylation is 1. The number of thiazole rings is 1. The third-order valence-electron chi connectivity index (χ3n) is 3.88. The number of amides is 1. The maximum Gasteiger partial charge on any atom is 0.307 e. The van der Waals surface area contributed by atoms with E-state index in [-0.39, 0.29) is 22.9 Å². The van der Waals surface area contributed by atoms with Gasteiger partial charge in [-0.05, 0) is 27.7 Å². The van der Waals surface area contributed by atoms with Crippen LogP contribution in [0.1, 0.15) is 30.8 Å². The van der Waals surface area contributed by atoms with Gasteiger partial charge in [0.25, 0.3) is 0 Å². The summed E-state index contributed by atoms with van der Waals surface area (Å²) in [6.07, 6.45) is 0.367. The van der Waals surface area contributed by atoms with Crippen molar-refractivity contribution in [3.05, 3.63) is 20.2 Å². The van der Waals surface area contributed by atoms with E-state index in [4.69, 9.17) is 4.74 Å². The van der Waals surface area contributed by atoms with Crippen LogP contribution in [0.4, 0.5) is 0 Å². The van der Waals surface area contributed by atoms with Crippen molar-refractivity contribution in [1.82, 2.24) is 9.47 Å². The summed E-state index contributed by atoms with van der Waals surface area (Å²) < 4.78 is 7.13. The molecule has 1 aromatic heterocycles.